The van der Waals surface area contributed by atoms with Gasteiger partial charge in [0.1, 0.15) is 5.69 Å². The van der Waals surface area contributed by atoms with Crippen molar-refractivity contribution in [3.8, 4) is 0 Å². The summed E-state index contributed by atoms with van der Waals surface area (Å²) in [6.45, 7) is 0. The van der Waals surface area contributed by atoms with Crippen LogP contribution in [0.1, 0.15) is 22.5 Å². The number of carboxylic acids is 1. The normalized spacial score (nSPS) is 10.6. The highest BCUT2D eigenvalue weighted by molar-refractivity contribution is 5.97. The lowest BCUT2D eigenvalue weighted by Gasteiger charge is -2.10. The molecule has 1 aromatic heterocycles. The zero-order valence-electron chi connectivity index (χ0n) is 12.4. The van der Waals surface area contributed by atoms with Crippen molar-refractivity contribution in [1.82, 2.24) is 4.68 Å². The quantitative estimate of drug-likeness (QED) is 0.761. The number of para-hydroxylation sites is 1. The topological polar surface area (TPSA) is 71.3 Å². The maximum Gasteiger partial charge on any atom is 0.354 e. The maximum atomic E-state index is 12.2. The highest BCUT2D eigenvalue weighted by Crippen LogP contribution is 2.18. The predicted molar refractivity (Wildman–Crippen MR) is 88.0 cm³/mol. The Labute approximate surface area is 133 Å². The minimum absolute atomic E-state index is 0.0410. The summed E-state index contributed by atoms with van der Waals surface area (Å²) in [5.74, 6) is -1.30. The van der Waals surface area contributed by atoms with Crippen LogP contribution < -0.4 is 5.43 Å². The number of fused-ring (bicyclic) bond motifs is 1. The second kappa shape index (κ2) is 6.36. The molecule has 0 radical (unpaired) electrons. The summed E-state index contributed by atoms with van der Waals surface area (Å²) in [6, 6.07) is 18.5. The van der Waals surface area contributed by atoms with Crippen LogP contribution in [0.15, 0.2) is 60.7 Å². The van der Waals surface area contributed by atoms with Crippen LogP contribution in [0, 0.1) is 0 Å². The molecule has 0 unspecified atom stereocenters. The van der Waals surface area contributed by atoms with Gasteiger partial charge in [0, 0.05) is 11.8 Å². The number of rotatable bonds is 5. The number of benzene rings is 2. The molecule has 0 spiro atoms. The third-order valence-electron chi connectivity index (χ3n) is 3.65. The fourth-order valence-corrected chi connectivity index (χ4v) is 2.52. The molecule has 1 amide bonds. The molecule has 23 heavy (non-hydrogen) atoms. The van der Waals surface area contributed by atoms with E-state index in [2.05, 4.69) is 5.43 Å². The molecule has 3 rings (SSSR count). The van der Waals surface area contributed by atoms with Crippen LogP contribution in [0.5, 0.6) is 0 Å². The molecule has 3 aromatic rings. The number of nitrogens with one attached hydrogen (secondary N) is 1. The molecule has 0 bridgehead atoms. The molecular weight excluding hydrogens is 292 g/mol. The molecule has 0 aliphatic rings. The Bertz CT molecular complexity index is 853. The molecule has 0 saturated carbocycles. The summed E-state index contributed by atoms with van der Waals surface area (Å²) >= 11 is 0. The number of aromatic nitrogens is 1. The first kappa shape index (κ1) is 14.8. The monoisotopic (exact) mass is 308 g/mol. The Balaban J connectivity index is 1.79. The van der Waals surface area contributed by atoms with Gasteiger partial charge in [0.15, 0.2) is 0 Å². The number of nitrogens with zero attached hydrogens (tertiary/aromatic N) is 1. The summed E-state index contributed by atoms with van der Waals surface area (Å²) in [5.41, 5.74) is 4.46. The molecule has 5 heteroatoms. The second-order valence-corrected chi connectivity index (χ2v) is 5.25. The molecule has 0 saturated heterocycles. The Morgan fingerprint density at radius 2 is 1.70 bits per heavy atom. The molecule has 2 N–H and O–H groups in total. The zero-order chi connectivity index (χ0) is 16.2. The van der Waals surface area contributed by atoms with Crippen LogP contribution in [0.2, 0.25) is 0 Å². The average Bonchev–Trinajstić information content (AvgIpc) is 2.93. The number of carbonyl (C=O) groups excluding carboxylic acids is 1. The summed E-state index contributed by atoms with van der Waals surface area (Å²) in [7, 11) is 0. The number of hydrogen-bond donors (Lipinski definition) is 2. The summed E-state index contributed by atoms with van der Waals surface area (Å²) < 4.78 is 1.34. The van der Waals surface area contributed by atoms with Gasteiger partial charge in [-0.2, -0.15) is 0 Å². The number of carbonyl (C=O) groups is 2. The van der Waals surface area contributed by atoms with Crippen molar-refractivity contribution in [2.75, 3.05) is 5.43 Å². The van der Waals surface area contributed by atoms with Crippen molar-refractivity contribution in [2.24, 2.45) is 0 Å². The number of aromatic carboxylic acids is 1. The van der Waals surface area contributed by atoms with Gasteiger partial charge in [-0.05, 0) is 24.1 Å². The van der Waals surface area contributed by atoms with E-state index < -0.39 is 5.97 Å². The predicted octanol–water partition coefficient (Wildman–Crippen LogP) is 3.04. The molecule has 0 aliphatic heterocycles. The number of hydrogen-bond acceptors (Lipinski definition) is 2. The molecule has 0 atom stereocenters. The van der Waals surface area contributed by atoms with Gasteiger partial charge in [0.05, 0.1) is 5.52 Å². The summed E-state index contributed by atoms with van der Waals surface area (Å²) in [4.78, 5) is 23.6. The lowest BCUT2D eigenvalue weighted by atomic mass is 10.1. The smallest absolute Gasteiger partial charge is 0.354 e. The van der Waals surface area contributed by atoms with Gasteiger partial charge < -0.3 is 5.11 Å². The van der Waals surface area contributed by atoms with Crippen molar-refractivity contribution >= 4 is 22.8 Å². The fraction of sp³-hybridized carbons (Fsp3) is 0.111. The SMILES string of the molecule is O=C(CCc1ccccc1)Nn1c(C(=O)O)cc2ccccc21. The first-order valence-electron chi connectivity index (χ1n) is 7.33. The van der Waals surface area contributed by atoms with E-state index in [-0.39, 0.29) is 18.0 Å². The molecule has 0 aliphatic carbocycles. The van der Waals surface area contributed by atoms with Gasteiger partial charge in [-0.3, -0.25) is 10.2 Å². The Kier molecular flexibility index (Phi) is 4.10. The van der Waals surface area contributed by atoms with E-state index in [1.165, 1.54) is 4.68 Å². The molecule has 0 fully saturated rings. The maximum absolute atomic E-state index is 12.2. The van der Waals surface area contributed by atoms with Crippen LogP contribution >= 0.6 is 0 Å². The van der Waals surface area contributed by atoms with Crippen molar-refractivity contribution in [2.45, 2.75) is 12.8 Å². The van der Waals surface area contributed by atoms with Crippen molar-refractivity contribution in [1.29, 1.82) is 0 Å². The van der Waals surface area contributed by atoms with Crippen molar-refractivity contribution in [3.63, 3.8) is 0 Å². The van der Waals surface area contributed by atoms with E-state index in [1.54, 1.807) is 18.2 Å². The highest BCUT2D eigenvalue weighted by atomic mass is 16.4. The van der Waals surface area contributed by atoms with Crippen LogP contribution in [-0.4, -0.2) is 21.7 Å². The zero-order valence-corrected chi connectivity index (χ0v) is 12.4. The first-order chi connectivity index (χ1) is 11.1. The Morgan fingerprint density at radius 1 is 1.00 bits per heavy atom. The number of amides is 1. The largest absolute Gasteiger partial charge is 0.477 e. The van der Waals surface area contributed by atoms with E-state index in [1.807, 2.05) is 42.5 Å². The summed E-state index contributed by atoms with van der Waals surface area (Å²) in [6.07, 6.45) is 0.893. The van der Waals surface area contributed by atoms with E-state index in [0.717, 1.165) is 10.9 Å². The van der Waals surface area contributed by atoms with Crippen LogP contribution in [-0.2, 0) is 11.2 Å². The molecular formula is C18H16N2O3. The Hall–Kier alpha value is -3.08. The third kappa shape index (κ3) is 3.23. The standard InChI is InChI=1S/C18H16N2O3/c21-17(11-10-13-6-2-1-3-7-13)19-20-15-9-5-4-8-14(15)12-16(20)18(22)23/h1-9,12H,10-11H2,(H,19,21)(H,22,23). The minimum Gasteiger partial charge on any atom is -0.477 e. The summed E-state index contributed by atoms with van der Waals surface area (Å²) in [5, 5.41) is 10.1. The van der Waals surface area contributed by atoms with Crippen LogP contribution in [0.25, 0.3) is 10.9 Å². The first-order valence-corrected chi connectivity index (χ1v) is 7.33. The van der Waals surface area contributed by atoms with Gasteiger partial charge in [-0.1, -0.05) is 48.5 Å². The molecule has 1 heterocycles. The van der Waals surface area contributed by atoms with Gasteiger partial charge in [0.2, 0.25) is 5.91 Å². The number of aryl methyl sites for hydroxylation is 1. The van der Waals surface area contributed by atoms with E-state index in [0.29, 0.717) is 11.9 Å². The van der Waals surface area contributed by atoms with Gasteiger partial charge in [-0.25, -0.2) is 9.47 Å². The van der Waals surface area contributed by atoms with Gasteiger partial charge in [0.25, 0.3) is 0 Å². The van der Waals surface area contributed by atoms with Gasteiger partial charge in [-0.15, -0.1) is 0 Å². The van der Waals surface area contributed by atoms with E-state index in [4.69, 9.17) is 0 Å². The minimum atomic E-state index is -1.08. The van der Waals surface area contributed by atoms with Crippen LogP contribution in [0.4, 0.5) is 0 Å². The van der Waals surface area contributed by atoms with E-state index in [9.17, 15) is 14.7 Å². The lowest BCUT2D eigenvalue weighted by Crippen LogP contribution is -2.26. The molecule has 116 valence electrons. The van der Waals surface area contributed by atoms with Crippen molar-refractivity contribution in [3.05, 3.63) is 71.9 Å². The van der Waals surface area contributed by atoms with Crippen LogP contribution in [0.3, 0.4) is 0 Å². The highest BCUT2D eigenvalue weighted by Gasteiger charge is 2.16. The van der Waals surface area contributed by atoms with E-state index >= 15 is 0 Å². The fourth-order valence-electron chi connectivity index (χ4n) is 2.52. The van der Waals surface area contributed by atoms with Crippen molar-refractivity contribution < 1.29 is 14.7 Å². The average molecular weight is 308 g/mol. The lowest BCUT2D eigenvalue weighted by molar-refractivity contribution is -0.117. The number of carboxylic acid groups (broad SMARTS) is 1. The van der Waals surface area contributed by atoms with Gasteiger partial charge >= 0.3 is 5.97 Å². The third-order valence-corrected chi connectivity index (χ3v) is 3.65. The molecule has 2 aromatic carbocycles. The molecule has 5 nitrogen and oxygen atoms in total. The Morgan fingerprint density at radius 3 is 2.43 bits per heavy atom. The second-order valence-electron chi connectivity index (χ2n) is 5.25.